The molecule has 1 aromatic carbocycles. The molecule has 0 spiro atoms. The minimum absolute atomic E-state index is 0.219. The van der Waals surface area contributed by atoms with Crippen molar-refractivity contribution in [3.8, 4) is 0 Å². The van der Waals surface area contributed by atoms with Crippen LogP contribution in [0.15, 0.2) is 23.1 Å². The van der Waals surface area contributed by atoms with Crippen LogP contribution in [-0.4, -0.2) is 26.4 Å². The number of nitrogens with zero attached hydrogens (tertiary/aromatic N) is 2. The topological polar surface area (TPSA) is 80.5 Å². The van der Waals surface area contributed by atoms with Gasteiger partial charge in [0.25, 0.3) is 14.7 Å². The second-order valence-electron chi connectivity index (χ2n) is 4.39. The van der Waals surface area contributed by atoms with E-state index in [-0.39, 0.29) is 10.6 Å². The van der Waals surface area contributed by atoms with Gasteiger partial charge in [0.15, 0.2) is 0 Å². The number of nitro benzene ring substituents is 1. The molecule has 0 N–H and O–H groups in total. The standard InChI is InChI=1S/C11H13ClN2O4S/c12-19(17,18)9-4-5-10(11(8-9)14(15)16)13-6-2-1-3-7-13/h4-5,8H,1-3,6-7H2. The summed E-state index contributed by atoms with van der Waals surface area (Å²) in [6, 6.07) is 3.78. The molecule has 1 aromatic rings. The molecule has 0 saturated carbocycles. The second kappa shape index (κ2) is 5.34. The Morgan fingerprint density at radius 2 is 1.84 bits per heavy atom. The number of benzene rings is 1. The number of piperidine rings is 1. The van der Waals surface area contributed by atoms with Gasteiger partial charge in [-0.2, -0.15) is 0 Å². The molecule has 0 amide bonds. The molecule has 6 nitrogen and oxygen atoms in total. The maximum absolute atomic E-state index is 11.2. The smallest absolute Gasteiger partial charge is 0.293 e. The molecule has 0 aromatic heterocycles. The molecular weight excluding hydrogens is 292 g/mol. The SMILES string of the molecule is O=[N+]([O-])c1cc(S(=O)(=O)Cl)ccc1N1CCCCC1. The lowest BCUT2D eigenvalue weighted by Crippen LogP contribution is -2.29. The molecule has 0 bridgehead atoms. The summed E-state index contributed by atoms with van der Waals surface area (Å²) < 4.78 is 22.4. The van der Waals surface area contributed by atoms with Crippen LogP contribution in [0.1, 0.15) is 19.3 Å². The van der Waals surface area contributed by atoms with E-state index in [0.717, 1.165) is 38.4 Å². The van der Waals surface area contributed by atoms with Gasteiger partial charge >= 0.3 is 0 Å². The Kier molecular flexibility index (Phi) is 3.96. The molecule has 1 heterocycles. The fourth-order valence-electron chi connectivity index (χ4n) is 2.20. The Hall–Kier alpha value is -1.34. The van der Waals surface area contributed by atoms with Crippen molar-refractivity contribution in [3.05, 3.63) is 28.3 Å². The predicted molar refractivity (Wildman–Crippen MR) is 72.2 cm³/mol. The molecule has 0 aliphatic carbocycles. The van der Waals surface area contributed by atoms with Crippen molar-refractivity contribution < 1.29 is 13.3 Å². The van der Waals surface area contributed by atoms with Crippen LogP contribution >= 0.6 is 10.7 Å². The van der Waals surface area contributed by atoms with E-state index in [4.69, 9.17) is 10.7 Å². The lowest BCUT2D eigenvalue weighted by Gasteiger charge is -2.28. The van der Waals surface area contributed by atoms with Crippen molar-refractivity contribution >= 4 is 31.1 Å². The molecule has 1 aliphatic heterocycles. The maximum Gasteiger partial charge on any atom is 0.293 e. The Bertz CT molecular complexity index is 597. The summed E-state index contributed by atoms with van der Waals surface area (Å²) >= 11 is 0. The molecular formula is C11H13ClN2O4S. The van der Waals surface area contributed by atoms with Crippen LogP contribution in [0.5, 0.6) is 0 Å². The molecule has 1 saturated heterocycles. The molecule has 2 rings (SSSR count). The summed E-state index contributed by atoms with van der Waals surface area (Å²) in [6.07, 6.45) is 3.07. The van der Waals surface area contributed by atoms with E-state index in [9.17, 15) is 18.5 Å². The van der Waals surface area contributed by atoms with Crippen molar-refractivity contribution in [1.29, 1.82) is 0 Å². The summed E-state index contributed by atoms with van der Waals surface area (Å²) in [6.45, 7) is 1.49. The van der Waals surface area contributed by atoms with Crippen molar-refractivity contribution in [2.24, 2.45) is 0 Å². The minimum atomic E-state index is -3.96. The fraction of sp³-hybridized carbons (Fsp3) is 0.455. The third-order valence-corrected chi connectivity index (χ3v) is 4.47. The lowest BCUT2D eigenvalue weighted by molar-refractivity contribution is -0.384. The van der Waals surface area contributed by atoms with Crippen LogP contribution in [0.2, 0.25) is 0 Å². The first-order valence-electron chi connectivity index (χ1n) is 5.87. The zero-order valence-electron chi connectivity index (χ0n) is 10.1. The molecule has 19 heavy (non-hydrogen) atoms. The van der Waals surface area contributed by atoms with Crippen LogP contribution in [0.25, 0.3) is 0 Å². The Morgan fingerprint density at radius 3 is 2.37 bits per heavy atom. The highest BCUT2D eigenvalue weighted by Gasteiger charge is 2.24. The van der Waals surface area contributed by atoms with Gasteiger partial charge in [-0.25, -0.2) is 8.42 Å². The van der Waals surface area contributed by atoms with E-state index in [1.54, 1.807) is 0 Å². The molecule has 0 unspecified atom stereocenters. The third kappa shape index (κ3) is 3.16. The lowest BCUT2D eigenvalue weighted by atomic mass is 10.1. The summed E-state index contributed by atoms with van der Waals surface area (Å²) in [7, 11) is 1.25. The van der Waals surface area contributed by atoms with E-state index >= 15 is 0 Å². The highest BCUT2D eigenvalue weighted by Crippen LogP contribution is 2.33. The first-order valence-corrected chi connectivity index (χ1v) is 8.18. The van der Waals surface area contributed by atoms with E-state index in [2.05, 4.69) is 0 Å². The van der Waals surface area contributed by atoms with Gasteiger partial charge in [-0.3, -0.25) is 10.1 Å². The Balaban J connectivity index is 2.46. The average molecular weight is 305 g/mol. The highest BCUT2D eigenvalue weighted by molar-refractivity contribution is 8.13. The first-order chi connectivity index (χ1) is 8.89. The molecule has 1 aliphatic rings. The molecule has 1 fully saturated rings. The molecule has 8 heteroatoms. The summed E-state index contributed by atoms with van der Waals surface area (Å²) in [4.78, 5) is 12.2. The monoisotopic (exact) mass is 304 g/mol. The number of nitro groups is 1. The summed E-state index contributed by atoms with van der Waals surface area (Å²) in [5.74, 6) is 0. The number of hydrogen-bond acceptors (Lipinski definition) is 5. The van der Waals surface area contributed by atoms with Crippen LogP contribution in [0.3, 0.4) is 0 Å². The van der Waals surface area contributed by atoms with Gasteiger partial charge in [-0.05, 0) is 31.4 Å². The fourth-order valence-corrected chi connectivity index (χ4v) is 2.97. The predicted octanol–water partition coefficient (Wildman–Crippen LogP) is 2.51. The van der Waals surface area contributed by atoms with Crippen LogP contribution in [0, 0.1) is 10.1 Å². The van der Waals surface area contributed by atoms with Gasteiger partial charge in [0, 0.05) is 29.8 Å². The van der Waals surface area contributed by atoms with Crippen LogP contribution in [-0.2, 0) is 9.05 Å². The molecule has 0 atom stereocenters. The molecule has 104 valence electrons. The Morgan fingerprint density at radius 1 is 1.21 bits per heavy atom. The zero-order valence-corrected chi connectivity index (χ0v) is 11.7. The first kappa shape index (κ1) is 14.1. The van der Waals surface area contributed by atoms with Gasteiger partial charge in [0.05, 0.1) is 9.82 Å². The van der Waals surface area contributed by atoms with Crippen molar-refractivity contribution in [2.45, 2.75) is 24.2 Å². The normalized spacial score (nSPS) is 16.4. The van der Waals surface area contributed by atoms with Crippen LogP contribution < -0.4 is 4.90 Å². The highest BCUT2D eigenvalue weighted by atomic mass is 35.7. The van der Waals surface area contributed by atoms with Gasteiger partial charge in [0.1, 0.15) is 5.69 Å². The van der Waals surface area contributed by atoms with Gasteiger partial charge in [-0.15, -0.1) is 0 Å². The van der Waals surface area contributed by atoms with Gasteiger partial charge in [-0.1, -0.05) is 0 Å². The minimum Gasteiger partial charge on any atom is -0.366 e. The number of anilines is 1. The number of hydrogen-bond donors (Lipinski definition) is 0. The largest absolute Gasteiger partial charge is 0.366 e. The van der Waals surface area contributed by atoms with Crippen molar-refractivity contribution in [3.63, 3.8) is 0 Å². The quantitative estimate of drug-likeness (QED) is 0.487. The number of halogens is 1. The third-order valence-electron chi connectivity index (χ3n) is 3.12. The summed E-state index contributed by atoms with van der Waals surface area (Å²) in [5.41, 5.74) is 0.234. The van der Waals surface area contributed by atoms with E-state index in [1.807, 2.05) is 4.90 Å². The van der Waals surface area contributed by atoms with E-state index in [1.165, 1.54) is 12.1 Å². The zero-order chi connectivity index (χ0) is 14.0. The second-order valence-corrected chi connectivity index (χ2v) is 6.96. The van der Waals surface area contributed by atoms with Crippen LogP contribution in [0.4, 0.5) is 11.4 Å². The van der Waals surface area contributed by atoms with Gasteiger partial charge in [0.2, 0.25) is 0 Å². The average Bonchev–Trinajstić information content (AvgIpc) is 2.38. The van der Waals surface area contributed by atoms with Crippen molar-refractivity contribution in [1.82, 2.24) is 0 Å². The van der Waals surface area contributed by atoms with E-state index in [0.29, 0.717) is 5.69 Å². The summed E-state index contributed by atoms with van der Waals surface area (Å²) in [5, 5.41) is 11.1. The maximum atomic E-state index is 11.2. The Labute approximate surface area is 115 Å². The van der Waals surface area contributed by atoms with Crippen molar-refractivity contribution in [2.75, 3.05) is 18.0 Å². The van der Waals surface area contributed by atoms with Gasteiger partial charge < -0.3 is 4.90 Å². The van der Waals surface area contributed by atoms with E-state index < -0.39 is 14.0 Å². The number of rotatable bonds is 3. The molecule has 0 radical (unpaired) electrons.